The number of primary sulfonamides is 1. The number of nitrogens with two attached hydrogens (primary N) is 1. The summed E-state index contributed by atoms with van der Waals surface area (Å²) in [4.78, 5) is 17.2. The first-order valence-electron chi connectivity index (χ1n) is 8.99. The number of rotatable bonds is 4. The van der Waals surface area contributed by atoms with Crippen molar-refractivity contribution in [1.82, 2.24) is 19.7 Å². The number of anilines is 2. The average molecular weight is 400 g/mol. The van der Waals surface area contributed by atoms with Crippen molar-refractivity contribution in [3.8, 4) is 0 Å². The van der Waals surface area contributed by atoms with Crippen molar-refractivity contribution in [2.75, 3.05) is 5.32 Å². The van der Waals surface area contributed by atoms with Crippen molar-refractivity contribution >= 4 is 32.8 Å². The fourth-order valence-electron chi connectivity index (χ4n) is 3.59. The molecule has 0 unspecified atom stereocenters. The molecule has 9 nitrogen and oxygen atoms in total. The Morgan fingerprint density at radius 2 is 1.82 bits per heavy atom. The number of aryl methyl sites for hydroxylation is 1. The normalized spacial score (nSPS) is 15.2. The van der Waals surface area contributed by atoms with E-state index in [-0.39, 0.29) is 22.4 Å². The van der Waals surface area contributed by atoms with E-state index < -0.39 is 10.0 Å². The van der Waals surface area contributed by atoms with E-state index in [1.165, 1.54) is 12.1 Å². The largest absolute Gasteiger partial charge is 0.323 e. The van der Waals surface area contributed by atoms with Gasteiger partial charge in [0.2, 0.25) is 16.0 Å². The molecular formula is C18H20N6O3S. The predicted octanol–water partition coefficient (Wildman–Crippen LogP) is 2.00. The van der Waals surface area contributed by atoms with Gasteiger partial charge in [0.1, 0.15) is 5.52 Å². The van der Waals surface area contributed by atoms with E-state index >= 15 is 0 Å². The molecule has 2 heterocycles. The Balaban J connectivity index is 1.74. The second kappa shape index (κ2) is 6.95. The Morgan fingerprint density at radius 3 is 2.46 bits per heavy atom. The van der Waals surface area contributed by atoms with E-state index in [4.69, 9.17) is 5.14 Å². The zero-order valence-electron chi connectivity index (χ0n) is 15.3. The average Bonchev–Trinajstić information content (AvgIpc) is 3.15. The van der Waals surface area contributed by atoms with Crippen LogP contribution in [0, 0.1) is 6.92 Å². The molecule has 1 aliphatic rings. The standard InChI is InChI=1S/C18H20N6O3S/c1-11-10-15(25)24(13-4-2-3-5-13)17-16(11)22-23-18(21-17)20-12-6-8-14(9-7-12)28(19,26)27/h6-10,13H,2-5H2,1H3,(H2,19,26,27)(H,20,21,23). The summed E-state index contributed by atoms with van der Waals surface area (Å²) in [5.41, 5.74) is 2.34. The zero-order chi connectivity index (χ0) is 19.9. The highest BCUT2D eigenvalue weighted by atomic mass is 32.2. The van der Waals surface area contributed by atoms with E-state index in [2.05, 4.69) is 20.5 Å². The lowest BCUT2D eigenvalue weighted by molar-refractivity contribution is 0.515. The molecule has 1 fully saturated rings. The smallest absolute Gasteiger partial charge is 0.252 e. The quantitative estimate of drug-likeness (QED) is 0.684. The number of benzene rings is 1. The fraction of sp³-hybridized carbons (Fsp3) is 0.333. The minimum Gasteiger partial charge on any atom is -0.323 e. The maximum atomic E-state index is 12.6. The Bertz CT molecular complexity index is 1200. The molecule has 10 heteroatoms. The minimum atomic E-state index is -3.76. The number of hydrogen-bond donors (Lipinski definition) is 2. The van der Waals surface area contributed by atoms with Crippen LogP contribution in [0.3, 0.4) is 0 Å². The van der Waals surface area contributed by atoms with E-state index in [9.17, 15) is 13.2 Å². The molecule has 2 aromatic heterocycles. The summed E-state index contributed by atoms with van der Waals surface area (Å²) in [5, 5.41) is 16.5. The predicted molar refractivity (Wildman–Crippen MR) is 105 cm³/mol. The van der Waals surface area contributed by atoms with Gasteiger partial charge in [0, 0.05) is 17.8 Å². The van der Waals surface area contributed by atoms with Crippen molar-refractivity contribution < 1.29 is 8.42 Å². The van der Waals surface area contributed by atoms with Gasteiger partial charge in [0.25, 0.3) is 5.56 Å². The van der Waals surface area contributed by atoms with Gasteiger partial charge in [-0.2, -0.15) is 4.98 Å². The van der Waals surface area contributed by atoms with Crippen LogP contribution < -0.4 is 16.0 Å². The number of nitrogens with one attached hydrogen (secondary N) is 1. The summed E-state index contributed by atoms with van der Waals surface area (Å²) in [7, 11) is -3.76. The highest BCUT2D eigenvalue weighted by Crippen LogP contribution is 2.30. The van der Waals surface area contributed by atoms with Crippen LogP contribution in [0.15, 0.2) is 40.0 Å². The molecule has 0 spiro atoms. The monoisotopic (exact) mass is 400 g/mol. The van der Waals surface area contributed by atoms with E-state index in [0.717, 1.165) is 31.2 Å². The van der Waals surface area contributed by atoms with Crippen molar-refractivity contribution in [1.29, 1.82) is 0 Å². The van der Waals surface area contributed by atoms with E-state index in [0.29, 0.717) is 16.9 Å². The highest BCUT2D eigenvalue weighted by molar-refractivity contribution is 7.89. The molecule has 0 atom stereocenters. The van der Waals surface area contributed by atoms with Crippen molar-refractivity contribution in [2.45, 2.75) is 43.5 Å². The SMILES string of the molecule is Cc1cc(=O)n(C2CCCC2)c2nc(Nc3ccc(S(N)(=O)=O)cc3)nnc12. The fourth-order valence-corrected chi connectivity index (χ4v) is 4.11. The summed E-state index contributed by atoms with van der Waals surface area (Å²) in [6, 6.07) is 7.61. The first kappa shape index (κ1) is 18.5. The van der Waals surface area contributed by atoms with Gasteiger partial charge in [0.15, 0.2) is 5.65 Å². The van der Waals surface area contributed by atoms with Crippen molar-refractivity contribution in [3.63, 3.8) is 0 Å². The van der Waals surface area contributed by atoms with Gasteiger partial charge in [-0.15, -0.1) is 10.2 Å². The molecule has 0 bridgehead atoms. The molecule has 4 rings (SSSR count). The van der Waals surface area contributed by atoms with Crippen LogP contribution in [0.5, 0.6) is 0 Å². The lowest BCUT2D eigenvalue weighted by atomic mass is 10.2. The molecule has 1 aromatic carbocycles. The molecule has 1 aliphatic carbocycles. The summed E-state index contributed by atoms with van der Waals surface area (Å²) >= 11 is 0. The van der Waals surface area contributed by atoms with Crippen LogP contribution in [-0.2, 0) is 10.0 Å². The second-order valence-corrected chi connectivity index (χ2v) is 8.54. The Labute approximate surface area is 161 Å². The Hall–Kier alpha value is -2.85. The molecule has 1 saturated carbocycles. The van der Waals surface area contributed by atoms with Crippen LogP contribution >= 0.6 is 0 Å². The van der Waals surface area contributed by atoms with Crippen LogP contribution in [0.1, 0.15) is 37.3 Å². The Kier molecular flexibility index (Phi) is 4.60. The minimum absolute atomic E-state index is 0.0151. The van der Waals surface area contributed by atoms with Gasteiger partial charge in [0.05, 0.1) is 4.90 Å². The van der Waals surface area contributed by atoms with Crippen LogP contribution in [0.25, 0.3) is 11.2 Å². The molecule has 0 saturated heterocycles. The number of pyridine rings is 1. The highest BCUT2D eigenvalue weighted by Gasteiger charge is 2.22. The Morgan fingerprint density at radius 1 is 1.14 bits per heavy atom. The number of aromatic nitrogens is 4. The lowest BCUT2D eigenvalue weighted by Crippen LogP contribution is -2.25. The van der Waals surface area contributed by atoms with Crippen molar-refractivity contribution in [3.05, 3.63) is 46.2 Å². The topological polar surface area (TPSA) is 133 Å². The molecule has 146 valence electrons. The maximum Gasteiger partial charge on any atom is 0.252 e. The van der Waals surface area contributed by atoms with Gasteiger partial charge in [-0.1, -0.05) is 12.8 Å². The number of fused-ring (bicyclic) bond motifs is 1. The number of hydrogen-bond acceptors (Lipinski definition) is 7. The third kappa shape index (κ3) is 3.48. The summed E-state index contributed by atoms with van der Waals surface area (Å²) in [5.74, 6) is 0.229. The first-order chi connectivity index (χ1) is 13.3. The zero-order valence-corrected chi connectivity index (χ0v) is 16.1. The molecule has 0 radical (unpaired) electrons. The summed E-state index contributed by atoms with van der Waals surface area (Å²) in [6.45, 7) is 1.82. The summed E-state index contributed by atoms with van der Waals surface area (Å²) in [6.07, 6.45) is 4.07. The number of sulfonamides is 1. The van der Waals surface area contributed by atoms with Gasteiger partial charge in [-0.25, -0.2) is 13.6 Å². The second-order valence-electron chi connectivity index (χ2n) is 6.98. The maximum absolute atomic E-state index is 12.6. The third-order valence-corrected chi connectivity index (χ3v) is 5.91. The van der Waals surface area contributed by atoms with Crippen LogP contribution in [-0.4, -0.2) is 28.2 Å². The first-order valence-corrected chi connectivity index (χ1v) is 10.5. The molecule has 3 N–H and O–H groups in total. The van der Waals surface area contributed by atoms with Gasteiger partial charge >= 0.3 is 0 Å². The van der Waals surface area contributed by atoms with Gasteiger partial charge in [-0.3, -0.25) is 9.36 Å². The third-order valence-electron chi connectivity index (χ3n) is 4.98. The molecule has 0 aliphatic heterocycles. The lowest BCUT2D eigenvalue weighted by Gasteiger charge is -2.16. The van der Waals surface area contributed by atoms with Crippen LogP contribution in [0.2, 0.25) is 0 Å². The van der Waals surface area contributed by atoms with E-state index in [1.807, 2.05) is 6.92 Å². The molecule has 0 amide bonds. The van der Waals surface area contributed by atoms with Gasteiger partial charge < -0.3 is 5.32 Å². The molecule has 28 heavy (non-hydrogen) atoms. The molecule has 3 aromatic rings. The van der Waals surface area contributed by atoms with Gasteiger partial charge in [-0.05, 0) is 49.6 Å². The van der Waals surface area contributed by atoms with Crippen LogP contribution in [0.4, 0.5) is 11.6 Å². The molecular weight excluding hydrogens is 380 g/mol. The van der Waals surface area contributed by atoms with Crippen molar-refractivity contribution in [2.24, 2.45) is 5.14 Å². The summed E-state index contributed by atoms with van der Waals surface area (Å²) < 4.78 is 24.5. The van der Waals surface area contributed by atoms with E-state index in [1.54, 1.807) is 22.8 Å². The number of nitrogens with zero attached hydrogens (tertiary/aromatic N) is 4.